The molecule has 2 saturated carbocycles. The molecule has 4 rings (SSSR count). The SMILES string of the molecule is CCOC1CC(S(=O)(=O)N2CCc3nc(C4CC4)ncc3C2)C1. The molecule has 0 atom stereocenters. The zero-order valence-electron chi connectivity index (χ0n) is 13.4. The van der Waals surface area contributed by atoms with Gasteiger partial charge in [-0.1, -0.05) is 0 Å². The van der Waals surface area contributed by atoms with Gasteiger partial charge in [0.1, 0.15) is 5.82 Å². The molecule has 2 aliphatic carbocycles. The first-order valence-corrected chi connectivity index (χ1v) is 10.0. The van der Waals surface area contributed by atoms with Gasteiger partial charge in [-0.05, 0) is 32.6 Å². The van der Waals surface area contributed by atoms with E-state index >= 15 is 0 Å². The molecule has 0 N–H and O–H groups in total. The summed E-state index contributed by atoms with van der Waals surface area (Å²) >= 11 is 0. The monoisotopic (exact) mass is 337 g/mol. The van der Waals surface area contributed by atoms with E-state index in [4.69, 9.17) is 4.74 Å². The van der Waals surface area contributed by atoms with Gasteiger partial charge in [0.15, 0.2) is 0 Å². The third kappa shape index (κ3) is 2.90. The van der Waals surface area contributed by atoms with Crippen molar-refractivity contribution in [2.24, 2.45) is 0 Å². The van der Waals surface area contributed by atoms with Crippen LogP contribution in [0.2, 0.25) is 0 Å². The van der Waals surface area contributed by atoms with Gasteiger partial charge in [-0.3, -0.25) is 0 Å². The Bertz CT molecular complexity index is 697. The molecule has 0 spiro atoms. The summed E-state index contributed by atoms with van der Waals surface area (Å²) in [6, 6.07) is 0. The Morgan fingerprint density at radius 1 is 1.35 bits per heavy atom. The van der Waals surface area contributed by atoms with Crippen LogP contribution in [0.3, 0.4) is 0 Å². The smallest absolute Gasteiger partial charge is 0.217 e. The molecule has 126 valence electrons. The third-order valence-electron chi connectivity index (χ3n) is 5.10. The van der Waals surface area contributed by atoms with Crippen LogP contribution in [0.15, 0.2) is 6.20 Å². The van der Waals surface area contributed by atoms with Crippen LogP contribution in [0, 0.1) is 0 Å². The minimum atomic E-state index is -3.24. The summed E-state index contributed by atoms with van der Waals surface area (Å²) in [5, 5.41) is -0.285. The van der Waals surface area contributed by atoms with Gasteiger partial charge in [0.2, 0.25) is 10.0 Å². The van der Waals surface area contributed by atoms with Gasteiger partial charge in [0.25, 0.3) is 0 Å². The van der Waals surface area contributed by atoms with Gasteiger partial charge >= 0.3 is 0 Å². The topological polar surface area (TPSA) is 72.4 Å². The van der Waals surface area contributed by atoms with E-state index in [1.54, 1.807) is 4.31 Å². The molecule has 7 heteroatoms. The van der Waals surface area contributed by atoms with Gasteiger partial charge in [0, 0.05) is 49.5 Å². The first kappa shape index (κ1) is 15.5. The van der Waals surface area contributed by atoms with E-state index < -0.39 is 10.0 Å². The number of rotatable bonds is 5. The highest BCUT2D eigenvalue weighted by Gasteiger charge is 2.43. The lowest BCUT2D eigenvalue weighted by atomic mass is 9.95. The number of nitrogens with zero attached hydrogens (tertiary/aromatic N) is 3. The van der Waals surface area contributed by atoms with Gasteiger partial charge in [0.05, 0.1) is 11.4 Å². The van der Waals surface area contributed by atoms with Gasteiger partial charge in [-0.2, -0.15) is 4.31 Å². The predicted molar refractivity (Wildman–Crippen MR) is 85.5 cm³/mol. The largest absolute Gasteiger partial charge is 0.378 e. The molecule has 3 aliphatic rings. The van der Waals surface area contributed by atoms with E-state index in [1.807, 2.05) is 13.1 Å². The predicted octanol–water partition coefficient (Wildman–Crippen LogP) is 1.61. The van der Waals surface area contributed by atoms with Gasteiger partial charge < -0.3 is 4.74 Å². The van der Waals surface area contributed by atoms with Gasteiger partial charge in [-0.25, -0.2) is 18.4 Å². The highest BCUT2D eigenvalue weighted by molar-refractivity contribution is 7.89. The summed E-state index contributed by atoms with van der Waals surface area (Å²) in [6.45, 7) is 3.54. The van der Waals surface area contributed by atoms with E-state index in [-0.39, 0.29) is 11.4 Å². The van der Waals surface area contributed by atoms with Crippen LogP contribution in [-0.2, 0) is 27.7 Å². The Balaban J connectivity index is 1.45. The molecule has 0 aromatic carbocycles. The molecule has 0 amide bonds. The molecular formula is C16H23N3O3S. The number of sulfonamides is 1. The maximum atomic E-state index is 12.7. The lowest BCUT2D eigenvalue weighted by Crippen LogP contribution is -2.49. The normalized spacial score (nSPS) is 28.2. The van der Waals surface area contributed by atoms with Crippen LogP contribution < -0.4 is 0 Å². The molecule has 1 aromatic heterocycles. The molecular weight excluding hydrogens is 314 g/mol. The molecule has 0 bridgehead atoms. The maximum Gasteiger partial charge on any atom is 0.217 e. The molecule has 2 fully saturated rings. The Labute approximate surface area is 137 Å². The van der Waals surface area contributed by atoms with Crippen molar-refractivity contribution in [2.75, 3.05) is 13.2 Å². The first-order chi connectivity index (χ1) is 11.1. The second kappa shape index (κ2) is 5.79. The highest BCUT2D eigenvalue weighted by atomic mass is 32.2. The van der Waals surface area contributed by atoms with Crippen LogP contribution >= 0.6 is 0 Å². The van der Waals surface area contributed by atoms with E-state index in [1.165, 1.54) is 12.8 Å². The van der Waals surface area contributed by atoms with Crippen molar-refractivity contribution in [1.82, 2.24) is 14.3 Å². The maximum absolute atomic E-state index is 12.7. The highest BCUT2D eigenvalue weighted by Crippen LogP contribution is 2.38. The first-order valence-electron chi connectivity index (χ1n) is 8.53. The minimum absolute atomic E-state index is 0.112. The van der Waals surface area contributed by atoms with E-state index in [9.17, 15) is 8.42 Å². The lowest BCUT2D eigenvalue weighted by Gasteiger charge is -2.38. The molecule has 1 aromatic rings. The molecule has 1 aliphatic heterocycles. The van der Waals surface area contributed by atoms with Crippen LogP contribution in [0.25, 0.3) is 0 Å². The molecule has 6 nitrogen and oxygen atoms in total. The van der Waals surface area contributed by atoms with Crippen molar-refractivity contribution in [2.45, 2.75) is 62.8 Å². The van der Waals surface area contributed by atoms with Crippen molar-refractivity contribution in [3.63, 3.8) is 0 Å². The zero-order chi connectivity index (χ0) is 16.0. The van der Waals surface area contributed by atoms with Crippen molar-refractivity contribution in [1.29, 1.82) is 0 Å². The Morgan fingerprint density at radius 3 is 2.83 bits per heavy atom. The number of hydrogen-bond donors (Lipinski definition) is 0. The van der Waals surface area contributed by atoms with Gasteiger partial charge in [-0.15, -0.1) is 0 Å². The summed E-state index contributed by atoms with van der Waals surface area (Å²) in [5.74, 6) is 1.48. The molecule has 0 radical (unpaired) electrons. The third-order valence-corrected chi connectivity index (χ3v) is 7.35. The fraction of sp³-hybridized carbons (Fsp3) is 0.750. The summed E-state index contributed by atoms with van der Waals surface area (Å²) in [4.78, 5) is 9.09. The van der Waals surface area contributed by atoms with E-state index in [2.05, 4.69) is 9.97 Å². The second-order valence-corrected chi connectivity index (χ2v) is 8.99. The van der Waals surface area contributed by atoms with Crippen LogP contribution in [-0.4, -0.2) is 47.2 Å². The summed E-state index contributed by atoms with van der Waals surface area (Å²) in [5.41, 5.74) is 2.00. The van der Waals surface area contributed by atoms with Crippen molar-refractivity contribution < 1.29 is 13.2 Å². The minimum Gasteiger partial charge on any atom is -0.378 e. The zero-order valence-corrected chi connectivity index (χ0v) is 14.3. The Morgan fingerprint density at radius 2 is 2.13 bits per heavy atom. The van der Waals surface area contributed by atoms with Crippen molar-refractivity contribution in [3.05, 3.63) is 23.3 Å². The molecule has 2 heterocycles. The quantitative estimate of drug-likeness (QED) is 0.816. The Kier molecular flexibility index (Phi) is 3.90. The van der Waals surface area contributed by atoms with Crippen LogP contribution in [0.4, 0.5) is 0 Å². The lowest BCUT2D eigenvalue weighted by molar-refractivity contribution is 0.0111. The molecule has 0 saturated heterocycles. The van der Waals surface area contributed by atoms with Crippen LogP contribution in [0.5, 0.6) is 0 Å². The van der Waals surface area contributed by atoms with Crippen molar-refractivity contribution in [3.8, 4) is 0 Å². The average molecular weight is 337 g/mol. The summed E-state index contributed by atoms with van der Waals surface area (Å²) in [7, 11) is -3.24. The fourth-order valence-electron chi connectivity index (χ4n) is 3.40. The Hall–Kier alpha value is -1.05. The summed E-state index contributed by atoms with van der Waals surface area (Å²) < 4.78 is 32.6. The summed E-state index contributed by atoms with van der Waals surface area (Å²) in [6.07, 6.45) is 6.25. The number of aromatic nitrogens is 2. The standard InChI is InChI=1S/C16H23N3O3S/c1-2-22-13-7-14(8-13)23(20,21)19-6-5-15-12(10-19)9-17-16(18-15)11-3-4-11/h9,11,13-14H,2-8,10H2,1H3. The van der Waals surface area contributed by atoms with E-state index in [0.717, 1.165) is 17.1 Å². The average Bonchev–Trinajstić information content (AvgIpc) is 3.34. The number of ether oxygens (including phenoxy) is 1. The molecule has 0 unspecified atom stereocenters. The van der Waals surface area contributed by atoms with E-state index in [0.29, 0.717) is 44.9 Å². The van der Waals surface area contributed by atoms with Crippen molar-refractivity contribution >= 4 is 10.0 Å². The molecule has 23 heavy (non-hydrogen) atoms. The second-order valence-electron chi connectivity index (χ2n) is 6.77. The number of fused-ring (bicyclic) bond motifs is 1. The number of hydrogen-bond acceptors (Lipinski definition) is 5. The fourth-order valence-corrected chi connectivity index (χ4v) is 5.41. The van der Waals surface area contributed by atoms with Crippen LogP contribution in [0.1, 0.15) is 55.6 Å².